The van der Waals surface area contributed by atoms with Crippen LogP contribution in [0.5, 0.6) is 0 Å². The van der Waals surface area contributed by atoms with Crippen molar-refractivity contribution in [1.29, 1.82) is 0 Å². The Morgan fingerprint density at radius 2 is 1.86 bits per heavy atom. The topological polar surface area (TPSA) is 49.3 Å². The smallest absolute Gasteiger partial charge is 0.246 e. The van der Waals surface area contributed by atoms with Gasteiger partial charge in [0.15, 0.2) is 0 Å². The van der Waals surface area contributed by atoms with Gasteiger partial charge in [0, 0.05) is 49.9 Å². The van der Waals surface area contributed by atoms with Crippen molar-refractivity contribution >= 4 is 41.0 Å². The molecule has 0 aliphatic carbocycles. The lowest BCUT2D eigenvalue weighted by atomic mass is 10.2. The van der Waals surface area contributed by atoms with E-state index in [4.69, 9.17) is 28.2 Å². The number of carbonyl (C=O) groups excluding carboxylic acids is 1. The summed E-state index contributed by atoms with van der Waals surface area (Å²) in [6.07, 6.45) is 3.27. The largest absolute Gasteiger partial charge is 0.353 e. The highest BCUT2D eigenvalue weighted by Crippen LogP contribution is 2.26. The maximum Gasteiger partial charge on any atom is 0.246 e. The second-order valence-electron chi connectivity index (χ2n) is 7.17. The fourth-order valence-electron chi connectivity index (χ4n) is 3.07. The van der Waals surface area contributed by atoms with Gasteiger partial charge in [0.05, 0.1) is 10.0 Å². The monoisotopic (exact) mass is 418 g/mol. The molecule has 148 valence electrons. The molecule has 2 aromatic rings. The maximum atomic E-state index is 12.5. The fraction of sp³-hybridized carbons (Fsp3) is 0.381. The highest BCUT2D eigenvalue weighted by atomic mass is 35.5. The molecule has 1 aliphatic heterocycles. The quantitative estimate of drug-likeness (QED) is 0.681. The Labute approximate surface area is 176 Å². The van der Waals surface area contributed by atoms with E-state index in [0.29, 0.717) is 23.1 Å². The molecule has 2 heterocycles. The Hall–Kier alpha value is -2.11. The average Bonchev–Trinajstić information content (AvgIpc) is 2.68. The molecule has 7 heteroatoms. The van der Waals surface area contributed by atoms with Crippen molar-refractivity contribution in [3.63, 3.8) is 0 Å². The molecular formula is C21H24Cl2N4O. The summed E-state index contributed by atoms with van der Waals surface area (Å²) in [5.41, 5.74) is 1.70. The normalized spacial score (nSPS) is 14.9. The van der Waals surface area contributed by atoms with Crippen LogP contribution in [0.1, 0.15) is 36.8 Å². The van der Waals surface area contributed by atoms with E-state index in [2.05, 4.69) is 23.7 Å². The second kappa shape index (κ2) is 8.93. The predicted molar refractivity (Wildman–Crippen MR) is 115 cm³/mol. The third kappa shape index (κ3) is 4.83. The van der Waals surface area contributed by atoms with Crippen molar-refractivity contribution in [2.24, 2.45) is 0 Å². The van der Waals surface area contributed by atoms with Gasteiger partial charge in [-0.2, -0.15) is 0 Å². The average molecular weight is 419 g/mol. The van der Waals surface area contributed by atoms with Crippen LogP contribution in [0.3, 0.4) is 0 Å². The number of nitrogens with zero attached hydrogens (tertiary/aromatic N) is 4. The summed E-state index contributed by atoms with van der Waals surface area (Å²) in [4.78, 5) is 25.8. The van der Waals surface area contributed by atoms with Gasteiger partial charge in [0.25, 0.3) is 0 Å². The Morgan fingerprint density at radius 3 is 2.54 bits per heavy atom. The van der Waals surface area contributed by atoms with E-state index in [1.165, 1.54) is 0 Å². The minimum absolute atomic E-state index is 0.0302. The number of piperazine rings is 1. The van der Waals surface area contributed by atoms with Crippen LogP contribution in [0.4, 0.5) is 5.82 Å². The number of aryl methyl sites for hydroxylation is 1. The minimum atomic E-state index is -0.0302. The van der Waals surface area contributed by atoms with E-state index in [9.17, 15) is 4.79 Å². The lowest BCUT2D eigenvalue weighted by molar-refractivity contribution is -0.126. The molecule has 5 nitrogen and oxygen atoms in total. The van der Waals surface area contributed by atoms with Gasteiger partial charge in [0.1, 0.15) is 11.6 Å². The first-order valence-corrected chi connectivity index (χ1v) is 10.1. The van der Waals surface area contributed by atoms with Crippen molar-refractivity contribution in [3.05, 3.63) is 57.5 Å². The molecule has 1 amide bonds. The molecule has 1 fully saturated rings. The fourth-order valence-corrected chi connectivity index (χ4v) is 3.44. The number of hydrogen-bond donors (Lipinski definition) is 0. The summed E-state index contributed by atoms with van der Waals surface area (Å²) < 4.78 is 0. The lowest BCUT2D eigenvalue weighted by Crippen LogP contribution is -2.48. The van der Waals surface area contributed by atoms with Crippen LogP contribution in [0.25, 0.3) is 6.08 Å². The molecule has 3 rings (SSSR count). The van der Waals surface area contributed by atoms with Gasteiger partial charge in [0.2, 0.25) is 5.91 Å². The predicted octanol–water partition coefficient (Wildman–Crippen LogP) is 4.58. The number of rotatable bonds is 4. The van der Waals surface area contributed by atoms with Crippen LogP contribution in [-0.4, -0.2) is 47.0 Å². The summed E-state index contributed by atoms with van der Waals surface area (Å²) in [6.45, 7) is 8.94. The summed E-state index contributed by atoms with van der Waals surface area (Å²) in [5.74, 6) is 2.04. The minimum Gasteiger partial charge on any atom is -0.353 e. The van der Waals surface area contributed by atoms with Gasteiger partial charge in [-0.1, -0.05) is 49.2 Å². The molecule has 1 aromatic carbocycles. The van der Waals surface area contributed by atoms with Crippen LogP contribution < -0.4 is 4.90 Å². The Kier molecular flexibility index (Phi) is 6.57. The van der Waals surface area contributed by atoms with E-state index in [1.807, 2.05) is 30.0 Å². The molecule has 0 N–H and O–H groups in total. The van der Waals surface area contributed by atoms with Crippen molar-refractivity contribution < 1.29 is 4.79 Å². The molecule has 28 heavy (non-hydrogen) atoms. The van der Waals surface area contributed by atoms with Gasteiger partial charge in [-0.05, 0) is 24.6 Å². The van der Waals surface area contributed by atoms with Gasteiger partial charge >= 0.3 is 0 Å². The second-order valence-corrected chi connectivity index (χ2v) is 7.95. The zero-order chi connectivity index (χ0) is 20.3. The van der Waals surface area contributed by atoms with Gasteiger partial charge in [-0.15, -0.1) is 0 Å². The first kappa shape index (κ1) is 20.6. The van der Waals surface area contributed by atoms with Crippen LogP contribution >= 0.6 is 23.2 Å². The summed E-state index contributed by atoms with van der Waals surface area (Å²) in [5, 5.41) is 0.934. The number of anilines is 1. The zero-order valence-corrected chi connectivity index (χ0v) is 17.8. The van der Waals surface area contributed by atoms with Crippen LogP contribution in [0.2, 0.25) is 10.0 Å². The van der Waals surface area contributed by atoms with E-state index >= 15 is 0 Å². The number of benzene rings is 1. The van der Waals surface area contributed by atoms with Crippen LogP contribution in [0.15, 0.2) is 30.3 Å². The van der Waals surface area contributed by atoms with Crippen molar-refractivity contribution in [2.75, 3.05) is 31.1 Å². The van der Waals surface area contributed by atoms with E-state index in [1.54, 1.807) is 18.2 Å². The molecular weight excluding hydrogens is 395 g/mol. The number of amides is 1. The summed E-state index contributed by atoms with van der Waals surface area (Å²) in [6, 6.07) is 7.37. The highest BCUT2D eigenvalue weighted by molar-refractivity contribution is 6.42. The third-order valence-corrected chi connectivity index (χ3v) is 5.51. The van der Waals surface area contributed by atoms with Gasteiger partial charge in [-0.3, -0.25) is 4.79 Å². The third-order valence-electron chi connectivity index (χ3n) is 4.68. The van der Waals surface area contributed by atoms with Crippen LogP contribution in [0, 0.1) is 6.92 Å². The molecule has 0 saturated carbocycles. The Bertz CT molecular complexity index is 890. The molecule has 0 atom stereocenters. The number of aromatic nitrogens is 2. The SMILES string of the molecule is Cc1cc(N2CCN(C(=O)/C=C/c3cccc(Cl)c3Cl)CC2)nc(C(C)C)n1. The van der Waals surface area contributed by atoms with E-state index in [0.717, 1.165) is 36.0 Å². The summed E-state index contributed by atoms with van der Waals surface area (Å²) >= 11 is 12.2. The highest BCUT2D eigenvalue weighted by Gasteiger charge is 2.21. The van der Waals surface area contributed by atoms with Crippen LogP contribution in [-0.2, 0) is 4.79 Å². The van der Waals surface area contributed by atoms with Crippen molar-refractivity contribution in [2.45, 2.75) is 26.7 Å². The standard InChI is InChI=1S/C21H24Cl2N4O/c1-14(2)21-24-15(3)13-18(25-21)26-9-11-27(12-10-26)19(28)8-7-16-5-4-6-17(22)20(16)23/h4-8,13-14H,9-12H2,1-3H3/b8-7+. The summed E-state index contributed by atoms with van der Waals surface area (Å²) in [7, 11) is 0. The zero-order valence-electron chi connectivity index (χ0n) is 16.3. The molecule has 0 unspecified atom stereocenters. The first-order chi connectivity index (χ1) is 13.3. The van der Waals surface area contributed by atoms with Gasteiger partial charge < -0.3 is 9.80 Å². The molecule has 0 spiro atoms. The maximum absolute atomic E-state index is 12.5. The molecule has 0 bridgehead atoms. The number of carbonyl (C=O) groups is 1. The molecule has 1 aliphatic rings. The number of hydrogen-bond acceptors (Lipinski definition) is 4. The molecule has 0 radical (unpaired) electrons. The van der Waals surface area contributed by atoms with Gasteiger partial charge in [-0.25, -0.2) is 9.97 Å². The number of halogens is 2. The Balaban J connectivity index is 1.63. The first-order valence-electron chi connectivity index (χ1n) is 9.36. The molecule has 1 aromatic heterocycles. The van der Waals surface area contributed by atoms with Crippen molar-refractivity contribution in [3.8, 4) is 0 Å². The van der Waals surface area contributed by atoms with Crippen molar-refractivity contribution in [1.82, 2.24) is 14.9 Å². The Morgan fingerprint density at radius 1 is 1.14 bits per heavy atom. The molecule has 1 saturated heterocycles. The van der Waals surface area contributed by atoms with E-state index < -0.39 is 0 Å². The lowest BCUT2D eigenvalue weighted by Gasteiger charge is -2.35. The van der Waals surface area contributed by atoms with E-state index in [-0.39, 0.29) is 11.8 Å².